The van der Waals surface area contributed by atoms with Crippen molar-refractivity contribution >= 4 is 0 Å². The Kier molecular flexibility index (Phi) is 4.79. The van der Waals surface area contributed by atoms with E-state index < -0.39 is 0 Å². The number of hydrogen-bond donors (Lipinski definition) is 2. The average molecular weight is 246 g/mol. The quantitative estimate of drug-likeness (QED) is 0.754. The van der Waals surface area contributed by atoms with Gasteiger partial charge in [-0.2, -0.15) is 0 Å². The SMILES string of the molecule is CC(C)(CNCCC1CCCN1)c1ccccc1. The van der Waals surface area contributed by atoms with E-state index in [2.05, 4.69) is 54.8 Å². The van der Waals surface area contributed by atoms with Crippen LogP contribution in [-0.2, 0) is 5.41 Å². The van der Waals surface area contributed by atoms with E-state index >= 15 is 0 Å². The van der Waals surface area contributed by atoms with Gasteiger partial charge < -0.3 is 10.6 Å². The van der Waals surface area contributed by atoms with Crippen LogP contribution in [0.2, 0.25) is 0 Å². The predicted molar refractivity (Wildman–Crippen MR) is 78.0 cm³/mol. The predicted octanol–water partition coefficient (Wildman–Crippen LogP) is 2.70. The van der Waals surface area contributed by atoms with E-state index in [0.29, 0.717) is 0 Å². The van der Waals surface area contributed by atoms with Crippen molar-refractivity contribution in [1.29, 1.82) is 0 Å². The van der Waals surface area contributed by atoms with E-state index in [1.165, 1.54) is 31.4 Å². The van der Waals surface area contributed by atoms with E-state index in [1.54, 1.807) is 0 Å². The first-order valence-electron chi connectivity index (χ1n) is 7.18. The molecule has 1 aromatic rings. The van der Waals surface area contributed by atoms with Gasteiger partial charge in [0.1, 0.15) is 0 Å². The van der Waals surface area contributed by atoms with E-state index in [-0.39, 0.29) is 5.41 Å². The number of benzene rings is 1. The molecule has 0 spiro atoms. The van der Waals surface area contributed by atoms with Crippen LogP contribution in [0.25, 0.3) is 0 Å². The Hall–Kier alpha value is -0.860. The lowest BCUT2D eigenvalue weighted by atomic mass is 9.84. The van der Waals surface area contributed by atoms with Crippen LogP contribution < -0.4 is 10.6 Å². The molecule has 1 unspecified atom stereocenters. The first kappa shape index (κ1) is 13.6. The summed E-state index contributed by atoms with van der Waals surface area (Å²) in [7, 11) is 0. The Morgan fingerprint density at radius 3 is 2.72 bits per heavy atom. The zero-order valence-electron chi connectivity index (χ0n) is 11.7. The summed E-state index contributed by atoms with van der Waals surface area (Å²) in [6, 6.07) is 11.5. The van der Waals surface area contributed by atoms with Gasteiger partial charge in [0.05, 0.1) is 0 Å². The van der Waals surface area contributed by atoms with Crippen molar-refractivity contribution in [2.75, 3.05) is 19.6 Å². The van der Waals surface area contributed by atoms with Crippen LogP contribution in [-0.4, -0.2) is 25.7 Å². The molecule has 0 saturated carbocycles. The van der Waals surface area contributed by atoms with Crippen LogP contribution >= 0.6 is 0 Å². The topological polar surface area (TPSA) is 24.1 Å². The van der Waals surface area contributed by atoms with Gasteiger partial charge in [0.2, 0.25) is 0 Å². The van der Waals surface area contributed by atoms with Gasteiger partial charge in [-0.15, -0.1) is 0 Å². The smallest absolute Gasteiger partial charge is 0.00796 e. The van der Waals surface area contributed by atoms with Gasteiger partial charge in [-0.1, -0.05) is 44.2 Å². The molecule has 1 aromatic carbocycles. The molecule has 100 valence electrons. The van der Waals surface area contributed by atoms with E-state index in [4.69, 9.17) is 0 Å². The first-order chi connectivity index (χ1) is 8.68. The van der Waals surface area contributed by atoms with Crippen LogP contribution in [0.5, 0.6) is 0 Å². The molecule has 1 atom stereocenters. The highest BCUT2D eigenvalue weighted by Gasteiger charge is 2.20. The van der Waals surface area contributed by atoms with Crippen LogP contribution in [0.3, 0.4) is 0 Å². The molecule has 1 saturated heterocycles. The molecule has 1 heterocycles. The van der Waals surface area contributed by atoms with Crippen LogP contribution in [0, 0.1) is 0 Å². The largest absolute Gasteiger partial charge is 0.316 e. The molecule has 1 fully saturated rings. The van der Waals surface area contributed by atoms with Crippen molar-refractivity contribution in [3.05, 3.63) is 35.9 Å². The lowest BCUT2D eigenvalue weighted by molar-refractivity contribution is 0.447. The lowest BCUT2D eigenvalue weighted by Crippen LogP contribution is -2.35. The molecule has 2 heteroatoms. The van der Waals surface area contributed by atoms with Crippen molar-refractivity contribution < 1.29 is 0 Å². The van der Waals surface area contributed by atoms with Gasteiger partial charge in [0, 0.05) is 18.0 Å². The number of rotatable bonds is 6. The molecule has 18 heavy (non-hydrogen) atoms. The Morgan fingerprint density at radius 2 is 2.06 bits per heavy atom. The third-order valence-electron chi connectivity index (χ3n) is 3.95. The maximum atomic E-state index is 3.61. The highest BCUT2D eigenvalue weighted by molar-refractivity contribution is 5.23. The Morgan fingerprint density at radius 1 is 1.28 bits per heavy atom. The van der Waals surface area contributed by atoms with Gasteiger partial charge in [-0.3, -0.25) is 0 Å². The highest BCUT2D eigenvalue weighted by Crippen LogP contribution is 2.21. The third kappa shape index (κ3) is 3.82. The van der Waals surface area contributed by atoms with Crippen molar-refractivity contribution in [1.82, 2.24) is 10.6 Å². The number of hydrogen-bond acceptors (Lipinski definition) is 2. The zero-order valence-corrected chi connectivity index (χ0v) is 11.7. The van der Waals surface area contributed by atoms with Crippen molar-refractivity contribution in [2.45, 2.75) is 44.6 Å². The van der Waals surface area contributed by atoms with Gasteiger partial charge >= 0.3 is 0 Å². The molecule has 0 aromatic heterocycles. The summed E-state index contributed by atoms with van der Waals surface area (Å²) in [6.45, 7) is 7.99. The Labute approximate surface area is 111 Å². The summed E-state index contributed by atoms with van der Waals surface area (Å²) in [6.07, 6.45) is 3.95. The molecule has 1 aliphatic heterocycles. The molecule has 0 bridgehead atoms. The monoisotopic (exact) mass is 246 g/mol. The van der Waals surface area contributed by atoms with E-state index in [1.807, 2.05) is 0 Å². The van der Waals surface area contributed by atoms with E-state index in [0.717, 1.165) is 19.1 Å². The molecule has 0 amide bonds. The molecule has 0 aliphatic carbocycles. The molecular weight excluding hydrogens is 220 g/mol. The minimum atomic E-state index is 0.213. The lowest BCUT2D eigenvalue weighted by Gasteiger charge is -2.26. The van der Waals surface area contributed by atoms with Crippen molar-refractivity contribution in [2.24, 2.45) is 0 Å². The molecule has 0 radical (unpaired) electrons. The second-order valence-electron chi connectivity index (χ2n) is 6.01. The molecule has 2 nitrogen and oxygen atoms in total. The fourth-order valence-corrected chi connectivity index (χ4v) is 2.67. The van der Waals surface area contributed by atoms with Gasteiger partial charge in [-0.25, -0.2) is 0 Å². The minimum absolute atomic E-state index is 0.213. The van der Waals surface area contributed by atoms with Crippen molar-refractivity contribution in [3.63, 3.8) is 0 Å². The van der Waals surface area contributed by atoms with Crippen LogP contribution in [0.15, 0.2) is 30.3 Å². The first-order valence-corrected chi connectivity index (χ1v) is 7.18. The summed E-state index contributed by atoms with van der Waals surface area (Å²) in [5.41, 5.74) is 1.63. The summed E-state index contributed by atoms with van der Waals surface area (Å²) < 4.78 is 0. The van der Waals surface area contributed by atoms with Gasteiger partial charge in [0.25, 0.3) is 0 Å². The Balaban J connectivity index is 1.71. The fourth-order valence-electron chi connectivity index (χ4n) is 2.67. The summed E-state index contributed by atoms with van der Waals surface area (Å²) >= 11 is 0. The molecule has 2 rings (SSSR count). The minimum Gasteiger partial charge on any atom is -0.316 e. The standard InChI is InChI=1S/C16H26N2/c1-16(2,14-7-4-3-5-8-14)13-17-12-10-15-9-6-11-18-15/h3-5,7-8,15,17-18H,6,9-13H2,1-2H3. The average Bonchev–Trinajstić information content (AvgIpc) is 2.89. The Bertz CT molecular complexity index is 339. The summed E-state index contributed by atoms with van der Waals surface area (Å²) in [4.78, 5) is 0. The molecular formula is C16H26N2. The van der Waals surface area contributed by atoms with Gasteiger partial charge in [0.15, 0.2) is 0 Å². The van der Waals surface area contributed by atoms with Gasteiger partial charge in [-0.05, 0) is 37.9 Å². The number of nitrogens with one attached hydrogen (secondary N) is 2. The summed E-state index contributed by atoms with van der Waals surface area (Å²) in [5.74, 6) is 0. The van der Waals surface area contributed by atoms with E-state index in [9.17, 15) is 0 Å². The second-order valence-corrected chi connectivity index (χ2v) is 6.01. The highest BCUT2D eigenvalue weighted by atomic mass is 15.0. The summed E-state index contributed by atoms with van der Waals surface area (Å²) in [5, 5.41) is 7.16. The molecule has 2 N–H and O–H groups in total. The van der Waals surface area contributed by atoms with Crippen LogP contribution in [0.4, 0.5) is 0 Å². The normalized spacial score (nSPS) is 20.2. The second kappa shape index (κ2) is 6.35. The third-order valence-corrected chi connectivity index (χ3v) is 3.95. The maximum Gasteiger partial charge on any atom is 0.00796 e. The molecule has 1 aliphatic rings. The fraction of sp³-hybridized carbons (Fsp3) is 0.625. The van der Waals surface area contributed by atoms with Crippen LogP contribution in [0.1, 0.15) is 38.7 Å². The van der Waals surface area contributed by atoms with Crippen molar-refractivity contribution in [3.8, 4) is 0 Å². The zero-order chi connectivity index (χ0) is 12.8. The maximum absolute atomic E-state index is 3.61.